The third-order valence-electron chi connectivity index (χ3n) is 0. The molecule has 80 valence electrons. The Labute approximate surface area is 150 Å². The van der Waals surface area contributed by atoms with E-state index in [1.165, 1.54) is 0 Å². The first kappa shape index (κ1) is 183. The summed E-state index contributed by atoms with van der Waals surface area (Å²) in [4.78, 5) is 0. The van der Waals surface area contributed by atoms with Crippen LogP contribution in [0.5, 0.6) is 0 Å². The summed E-state index contributed by atoms with van der Waals surface area (Å²) in [7, 11) is 0. The Kier molecular flexibility index (Phi) is 2460. The summed E-state index contributed by atoms with van der Waals surface area (Å²) in [5.74, 6) is 0. The van der Waals surface area contributed by atoms with Gasteiger partial charge >= 0.3 is 34.7 Å². The van der Waals surface area contributed by atoms with E-state index in [0.29, 0.717) is 0 Å². The minimum atomic E-state index is 0. The molecule has 0 aliphatic heterocycles. The Hall–Kier alpha value is 4.01. The van der Waals surface area contributed by atoms with Gasteiger partial charge in [-0.3, -0.25) is 0 Å². The zero-order valence-electron chi connectivity index (χ0n) is 4.14. The Bertz CT molecular complexity index is 25.3. The topological polar surface area (TPSA) is 85.5 Å². The van der Waals surface area contributed by atoms with Crippen molar-refractivity contribution in [1.29, 1.82) is 0 Å². The van der Waals surface area contributed by atoms with Gasteiger partial charge in [-0.1, -0.05) is 0 Å². The molecule has 0 spiro atoms. The van der Waals surface area contributed by atoms with E-state index in [1.54, 1.807) is 0 Å². The molecule has 0 atom stereocenters. The van der Waals surface area contributed by atoms with Crippen molar-refractivity contribution in [2.45, 2.75) is 0 Å². The summed E-state index contributed by atoms with van der Waals surface area (Å²) in [5.41, 5.74) is 0. The predicted octanol–water partition coefficient (Wildman–Crippen LogP) is -0.376. The van der Waals surface area contributed by atoms with E-state index in [2.05, 4.69) is 0 Å². The van der Waals surface area contributed by atoms with E-state index in [9.17, 15) is 0 Å². The van der Waals surface area contributed by atoms with Crippen LogP contribution in [0.1, 0.15) is 0 Å². The fourth-order valence-electron chi connectivity index (χ4n) is 0. The summed E-state index contributed by atoms with van der Waals surface area (Å²) < 4.78 is 0. The fourth-order valence-corrected chi connectivity index (χ4v) is 0. The molecule has 0 fully saturated rings. The molecule has 0 amide bonds. The standard InChI is InChI=1S/2Cr.2Fe.2Mn.2Ni.3O/q2*+3;;;;;;;3*-2. The quantitative estimate of drug-likeness (QED) is 0.415. The Morgan fingerprint density at radius 2 is 0.455 bits per heavy atom. The molecule has 3 nitrogen and oxygen atoms in total. The van der Waals surface area contributed by atoms with Gasteiger partial charge in [-0.2, -0.15) is 0 Å². The minimum Gasteiger partial charge on any atom is -2.00 e. The molecule has 4 radical (unpaired) electrons. The number of rotatable bonds is 0. The molecule has 0 unspecified atom stereocenters. The molecular weight excluding hydrogens is 491 g/mol. The van der Waals surface area contributed by atoms with Crippen LogP contribution in [0.2, 0.25) is 0 Å². The second-order valence-corrected chi connectivity index (χ2v) is 0. The summed E-state index contributed by atoms with van der Waals surface area (Å²) in [6, 6.07) is 0. The van der Waals surface area contributed by atoms with E-state index in [1.807, 2.05) is 0 Å². The van der Waals surface area contributed by atoms with E-state index in [4.69, 9.17) is 0 Å². The van der Waals surface area contributed by atoms with Gasteiger partial charge in [0.05, 0.1) is 0 Å². The molecule has 0 saturated heterocycles. The SMILES string of the molecule is [Cr+3].[Cr+3].[Fe].[Fe].[Mn].[Mn].[Ni].[Ni].[O-2].[O-2].[O-2]. The number of hydrogen-bond acceptors (Lipinski definition) is 0. The van der Waals surface area contributed by atoms with Crippen molar-refractivity contribution >= 4 is 0 Å². The van der Waals surface area contributed by atoms with Crippen LogP contribution in [0.15, 0.2) is 0 Å². The van der Waals surface area contributed by atoms with Crippen LogP contribution in [-0.4, -0.2) is 0 Å². The monoisotopic (exact) mass is 489 g/mol. The molecule has 0 heterocycles. The zero-order chi connectivity index (χ0) is 0. The largest absolute Gasteiger partial charge is 3.00 e. The molecule has 0 bridgehead atoms. The third kappa shape index (κ3) is 126. The van der Waals surface area contributed by atoms with Gasteiger partial charge in [-0.25, -0.2) is 0 Å². The van der Waals surface area contributed by atoms with Crippen molar-refractivity contribution in [2.24, 2.45) is 0 Å². The molecule has 0 aromatic carbocycles. The van der Waals surface area contributed by atoms with Gasteiger partial charge in [0.2, 0.25) is 0 Å². The van der Waals surface area contributed by atoms with Crippen LogP contribution in [0, 0.1) is 0 Å². The van der Waals surface area contributed by atoms with Crippen molar-refractivity contribution in [3.8, 4) is 0 Å². The normalized spacial score (nSPS) is 0. The third-order valence-corrected chi connectivity index (χ3v) is 0. The minimum absolute atomic E-state index is 0. The van der Waals surface area contributed by atoms with Gasteiger partial charge in [0.25, 0.3) is 0 Å². The van der Waals surface area contributed by atoms with Crippen molar-refractivity contribution in [3.63, 3.8) is 0 Å². The maximum absolute atomic E-state index is 0. The molecule has 11 heteroatoms. The molecule has 0 aromatic rings. The van der Waals surface area contributed by atoms with E-state index in [-0.39, 0.29) is 152 Å². The Morgan fingerprint density at radius 3 is 0.455 bits per heavy atom. The van der Waals surface area contributed by atoms with Crippen molar-refractivity contribution < 1.29 is 152 Å². The van der Waals surface area contributed by atoms with Gasteiger partial charge in [0.15, 0.2) is 0 Å². The smallest absolute Gasteiger partial charge is 2.00 e. The molecule has 0 aromatic heterocycles. The maximum atomic E-state index is 0. The van der Waals surface area contributed by atoms with Crippen LogP contribution in [0.4, 0.5) is 0 Å². The zero-order valence-corrected chi connectivity index (χ0v) is 13.2. The van der Waals surface area contributed by atoms with Gasteiger partial charge < -0.3 is 16.4 Å². The molecule has 0 N–H and O–H groups in total. The first-order valence-corrected chi connectivity index (χ1v) is 0. The average Bonchev–Trinajstić information content (AvgIpc) is 0. The van der Waals surface area contributed by atoms with Gasteiger partial charge in [-0.05, 0) is 0 Å². The number of hydrogen-bond donors (Lipinski definition) is 0. The summed E-state index contributed by atoms with van der Waals surface area (Å²) in [6.07, 6.45) is 0. The molecule has 0 aliphatic rings. The molecule has 0 rings (SSSR count). The van der Waals surface area contributed by atoms with Crippen LogP contribution in [-0.2, 0) is 152 Å². The van der Waals surface area contributed by atoms with E-state index in [0.717, 1.165) is 0 Å². The van der Waals surface area contributed by atoms with Gasteiger partial charge in [0.1, 0.15) is 0 Å². The summed E-state index contributed by atoms with van der Waals surface area (Å²) >= 11 is 0. The van der Waals surface area contributed by atoms with Crippen molar-refractivity contribution in [2.75, 3.05) is 0 Å². The second kappa shape index (κ2) is 147. The van der Waals surface area contributed by atoms with Crippen LogP contribution < -0.4 is 0 Å². The Balaban J connectivity index is 0. The molecule has 11 heavy (non-hydrogen) atoms. The van der Waals surface area contributed by atoms with Crippen LogP contribution in [0.3, 0.4) is 0 Å². The van der Waals surface area contributed by atoms with Gasteiger partial charge in [0, 0.05) is 101 Å². The average molecular weight is 491 g/mol. The van der Waals surface area contributed by atoms with E-state index < -0.39 is 0 Å². The van der Waals surface area contributed by atoms with Crippen molar-refractivity contribution in [3.05, 3.63) is 0 Å². The van der Waals surface area contributed by atoms with E-state index >= 15 is 0 Å². The Morgan fingerprint density at radius 1 is 0.455 bits per heavy atom. The summed E-state index contributed by atoms with van der Waals surface area (Å²) in [6.45, 7) is 0. The van der Waals surface area contributed by atoms with Crippen LogP contribution >= 0.6 is 0 Å². The maximum Gasteiger partial charge on any atom is 3.00 e. The molecule has 0 aliphatic carbocycles. The fraction of sp³-hybridized carbons (Fsp3) is 0. The van der Waals surface area contributed by atoms with Crippen LogP contribution in [0.25, 0.3) is 0 Å². The summed E-state index contributed by atoms with van der Waals surface area (Å²) in [5, 5.41) is 0. The predicted molar refractivity (Wildman–Crippen MR) is 2.06 cm³/mol. The first-order chi connectivity index (χ1) is 0. The van der Waals surface area contributed by atoms with Gasteiger partial charge in [-0.15, -0.1) is 0 Å². The first-order valence-electron chi connectivity index (χ1n) is 0. The molecule has 0 saturated carbocycles. The molecular formula is Cr2Fe2Mn2Ni2O3. The second-order valence-electron chi connectivity index (χ2n) is 0. The van der Waals surface area contributed by atoms with Crippen molar-refractivity contribution in [1.82, 2.24) is 0 Å².